The van der Waals surface area contributed by atoms with Crippen LogP contribution in [0.15, 0.2) is 34.1 Å². The molecule has 0 aliphatic carbocycles. The zero-order valence-corrected chi connectivity index (χ0v) is 13.0. The Morgan fingerprint density at radius 2 is 2.10 bits per heavy atom. The second-order valence-corrected chi connectivity index (χ2v) is 6.13. The lowest BCUT2D eigenvalue weighted by Crippen LogP contribution is -2.11. The number of nitrogens with zero attached hydrogens (tertiary/aromatic N) is 2. The molecule has 0 saturated heterocycles. The van der Waals surface area contributed by atoms with E-state index in [1.807, 2.05) is 24.4 Å². The Bertz CT molecular complexity index is 750. The number of hydrogen-bond acceptors (Lipinski definition) is 6. The van der Waals surface area contributed by atoms with Crippen molar-refractivity contribution in [2.24, 2.45) is 5.84 Å². The number of nitrogens with one attached hydrogen (secondary N) is 2. The Balaban J connectivity index is 2.07. The summed E-state index contributed by atoms with van der Waals surface area (Å²) in [6.07, 6.45) is 0. The first-order valence-electron chi connectivity index (χ1n) is 5.92. The van der Waals surface area contributed by atoms with E-state index in [9.17, 15) is 0 Å². The Labute approximate surface area is 128 Å². The van der Waals surface area contributed by atoms with E-state index < -0.39 is 0 Å². The Hall–Kier alpha value is -1.70. The molecule has 3 aromatic rings. The highest BCUT2D eigenvalue weighted by Crippen LogP contribution is 2.29. The van der Waals surface area contributed by atoms with Crippen molar-refractivity contribution in [3.63, 3.8) is 0 Å². The highest BCUT2D eigenvalue weighted by atomic mass is 79.9. The van der Waals surface area contributed by atoms with Crippen LogP contribution in [0.3, 0.4) is 0 Å². The van der Waals surface area contributed by atoms with Crippen LogP contribution in [0.1, 0.15) is 5.56 Å². The van der Waals surface area contributed by atoms with Gasteiger partial charge in [-0.15, -0.1) is 11.3 Å². The minimum absolute atomic E-state index is 0.397. The van der Waals surface area contributed by atoms with Gasteiger partial charge in [0.15, 0.2) is 0 Å². The maximum atomic E-state index is 5.41. The number of anilines is 3. The van der Waals surface area contributed by atoms with Crippen molar-refractivity contribution >= 4 is 54.9 Å². The van der Waals surface area contributed by atoms with Gasteiger partial charge in [-0.1, -0.05) is 15.9 Å². The van der Waals surface area contributed by atoms with Gasteiger partial charge in [0.1, 0.15) is 10.6 Å². The summed E-state index contributed by atoms with van der Waals surface area (Å²) in [4.78, 5) is 9.58. The van der Waals surface area contributed by atoms with Crippen molar-refractivity contribution < 1.29 is 0 Å². The number of thiophene rings is 1. The first kappa shape index (κ1) is 13.3. The molecule has 0 fully saturated rings. The fourth-order valence-electron chi connectivity index (χ4n) is 1.96. The number of benzene rings is 1. The Kier molecular flexibility index (Phi) is 3.56. The first-order valence-corrected chi connectivity index (χ1v) is 7.59. The number of rotatable bonds is 3. The van der Waals surface area contributed by atoms with Crippen LogP contribution in [0.4, 0.5) is 17.5 Å². The van der Waals surface area contributed by atoms with Crippen LogP contribution in [-0.2, 0) is 0 Å². The SMILES string of the molecule is Cc1cc(Br)cc(Nc2nc(NN)nc3sccc23)c1. The van der Waals surface area contributed by atoms with Crippen molar-refractivity contribution in [1.29, 1.82) is 0 Å². The lowest BCUT2D eigenvalue weighted by molar-refractivity contribution is 1.16. The summed E-state index contributed by atoms with van der Waals surface area (Å²) < 4.78 is 1.02. The highest BCUT2D eigenvalue weighted by molar-refractivity contribution is 9.10. The number of nitrogen functional groups attached to an aromatic ring is 1. The number of fused-ring (bicyclic) bond motifs is 1. The molecular formula is C13H12BrN5S. The van der Waals surface area contributed by atoms with Crippen molar-refractivity contribution in [1.82, 2.24) is 9.97 Å². The summed E-state index contributed by atoms with van der Waals surface area (Å²) in [5.74, 6) is 6.55. The fourth-order valence-corrected chi connectivity index (χ4v) is 3.33. The minimum Gasteiger partial charge on any atom is -0.339 e. The minimum atomic E-state index is 0.397. The molecule has 2 aromatic heterocycles. The highest BCUT2D eigenvalue weighted by Gasteiger charge is 2.09. The average molecular weight is 350 g/mol. The van der Waals surface area contributed by atoms with Crippen LogP contribution in [0.2, 0.25) is 0 Å². The van der Waals surface area contributed by atoms with E-state index in [1.165, 1.54) is 0 Å². The van der Waals surface area contributed by atoms with E-state index in [4.69, 9.17) is 5.84 Å². The molecular weight excluding hydrogens is 338 g/mol. The summed E-state index contributed by atoms with van der Waals surface area (Å²) in [5.41, 5.74) is 4.62. The van der Waals surface area contributed by atoms with E-state index >= 15 is 0 Å². The molecule has 7 heteroatoms. The van der Waals surface area contributed by atoms with Crippen LogP contribution in [0.25, 0.3) is 10.2 Å². The number of hydrogen-bond donors (Lipinski definition) is 3. The third-order valence-corrected chi connectivity index (χ3v) is 4.02. The van der Waals surface area contributed by atoms with E-state index in [0.717, 1.165) is 31.8 Å². The third-order valence-electron chi connectivity index (χ3n) is 2.76. The zero-order valence-electron chi connectivity index (χ0n) is 10.6. The molecule has 0 amide bonds. The lowest BCUT2D eigenvalue weighted by atomic mass is 10.2. The number of hydrazine groups is 1. The fraction of sp³-hybridized carbons (Fsp3) is 0.0769. The molecule has 0 saturated carbocycles. The van der Waals surface area contributed by atoms with Crippen LogP contribution < -0.4 is 16.6 Å². The summed E-state index contributed by atoms with van der Waals surface area (Å²) in [6, 6.07) is 8.11. The number of aromatic nitrogens is 2. The van der Waals surface area contributed by atoms with Crippen LogP contribution in [-0.4, -0.2) is 9.97 Å². The second-order valence-electron chi connectivity index (χ2n) is 4.32. The molecule has 0 aliphatic rings. The van der Waals surface area contributed by atoms with Crippen molar-refractivity contribution in [3.8, 4) is 0 Å². The Morgan fingerprint density at radius 1 is 1.25 bits per heavy atom. The summed E-state index contributed by atoms with van der Waals surface area (Å²) >= 11 is 5.05. The average Bonchev–Trinajstić information content (AvgIpc) is 2.85. The zero-order chi connectivity index (χ0) is 14.1. The molecule has 3 rings (SSSR count). The number of nitrogens with two attached hydrogens (primary N) is 1. The van der Waals surface area contributed by atoms with Gasteiger partial charge >= 0.3 is 0 Å². The van der Waals surface area contributed by atoms with Crippen LogP contribution >= 0.6 is 27.3 Å². The molecule has 0 aliphatic heterocycles. The van der Waals surface area contributed by atoms with Gasteiger partial charge in [0.05, 0.1) is 5.39 Å². The largest absolute Gasteiger partial charge is 0.339 e. The molecule has 0 atom stereocenters. The molecule has 20 heavy (non-hydrogen) atoms. The van der Waals surface area contributed by atoms with Gasteiger partial charge in [-0.3, -0.25) is 5.43 Å². The second kappa shape index (κ2) is 5.35. The van der Waals surface area contributed by atoms with E-state index in [0.29, 0.717) is 5.95 Å². The maximum absolute atomic E-state index is 5.41. The predicted octanol–water partition coefficient (Wildman–Crippen LogP) is 3.79. The van der Waals surface area contributed by atoms with Gasteiger partial charge < -0.3 is 5.32 Å². The molecule has 1 aromatic carbocycles. The van der Waals surface area contributed by atoms with E-state index in [-0.39, 0.29) is 0 Å². The molecule has 0 unspecified atom stereocenters. The van der Waals surface area contributed by atoms with Crippen molar-refractivity contribution in [2.45, 2.75) is 6.92 Å². The summed E-state index contributed by atoms with van der Waals surface area (Å²) in [7, 11) is 0. The predicted molar refractivity (Wildman–Crippen MR) is 87.4 cm³/mol. The first-order chi connectivity index (χ1) is 9.65. The van der Waals surface area contributed by atoms with Crippen molar-refractivity contribution in [3.05, 3.63) is 39.7 Å². The topological polar surface area (TPSA) is 75.9 Å². The monoisotopic (exact) mass is 349 g/mol. The van der Waals surface area contributed by atoms with Gasteiger partial charge in [0.25, 0.3) is 0 Å². The maximum Gasteiger partial charge on any atom is 0.240 e. The van der Waals surface area contributed by atoms with Gasteiger partial charge in [0.2, 0.25) is 5.95 Å². The van der Waals surface area contributed by atoms with Crippen LogP contribution in [0, 0.1) is 6.92 Å². The quantitative estimate of drug-likeness (QED) is 0.495. The van der Waals surface area contributed by atoms with Crippen LogP contribution in [0.5, 0.6) is 0 Å². The normalized spacial score (nSPS) is 10.8. The van der Waals surface area contributed by atoms with Gasteiger partial charge in [-0.2, -0.15) is 4.98 Å². The molecule has 2 heterocycles. The molecule has 5 nitrogen and oxygen atoms in total. The van der Waals surface area contributed by atoms with Gasteiger partial charge in [-0.05, 0) is 42.1 Å². The molecule has 0 spiro atoms. The third kappa shape index (κ3) is 2.60. The lowest BCUT2D eigenvalue weighted by Gasteiger charge is -2.09. The number of halogens is 1. The standard InChI is InChI=1S/C13H12BrN5S/c1-7-4-8(14)6-9(5-7)16-11-10-2-3-20-12(10)18-13(17-11)19-15/h2-6H,15H2,1H3,(H2,16,17,18,19). The number of aryl methyl sites for hydroxylation is 1. The summed E-state index contributed by atoms with van der Waals surface area (Å²) in [5, 5.41) is 6.28. The van der Waals surface area contributed by atoms with Gasteiger partial charge in [-0.25, -0.2) is 10.8 Å². The smallest absolute Gasteiger partial charge is 0.240 e. The van der Waals surface area contributed by atoms with E-state index in [2.05, 4.69) is 48.8 Å². The van der Waals surface area contributed by atoms with E-state index in [1.54, 1.807) is 11.3 Å². The summed E-state index contributed by atoms with van der Waals surface area (Å²) in [6.45, 7) is 2.04. The molecule has 0 radical (unpaired) electrons. The Morgan fingerprint density at radius 3 is 2.85 bits per heavy atom. The molecule has 102 valence electrons. The molecule has 0 bridgehead atoms. The van der Waals surface area contributed by atoms with Crippen molar-refractivity contribution in [2.75, 3.05) is 10.7 Å². The van der Waals surface area contributed by atoms with Gasteiger partial charge in [0, 0.05) is 10.2 Å². The molecule has 4 N–H and O–H groups in total.